The predicted octanol–water partition coefficient (Wildman–Crippen LogP) is 5.47. The lowest BCUT2D eigenvalue weighted by molar-refractivity contribution is -0.121. The zero-order valence-electron chi connectivity index (χ0n) is 22.7. The quantitative estimate of drug-likeness (QED) is 0.331. The first-order chi connectivity index (χ1) is 19.6. The first-order valence-corrected chi connectivity index (χ1v) is 13.8. The van der Waals surface area contributed by atoms with Crippen molar-refractivity contribution in [2.45, 2.75) is 19.5 Å². The average molecular weight is 532 g/mol. The van der Waals surface area contributed by atoms with Crippen LogP contribution in [0.2, 0.25) is 0 Å². The van der Waals surface area contributed by atoms with Gasteiger partial charge in [0.15, 0.2) is 6.61 Å². The molecule has 6 rings (SSSR count). The predicted molar refractivity (Wildman–Crippen MR) is 157 cm³/mol. The number of carbonyl (C=O) groups is 2. The molecule has 0 saturated carbocycles. The Hall–Kier alpha value is -4.42. The highest BCUT2D eigenvalue weighted by atomic mass is 16.5. The Labute approximate surface area is 235 Å². The lowest BCUT2D eigenvalue weighted by Crippen LogP contribution is -2.49. The number of hydrogen-bond donors (Lipinski definition) is 0. The third kappa shape index (κ3) is 5.36. The standard InChI is InChI=1S/C34H33N3O3/c1-25-15-16-30-31(21-25)40-24-32(38)37(30)23-26-9-8-14-29(22-26)34(39)36-19-17-35(18-20-36)33(27-10-4-2-5-11-27)28-12-6-3-7-13-28/h2-16,21-22,33H,17-20,23-24H2,1H3. The summed E-state index contributed by atoms with van der Waals surface area (Å²) in [6.45, 7) is 5.32. The average Bonchev–Trinajstić information content (AvgIpc) is 3.00. The van der Waals surface area contributed by atoms with E-state index in [9.17, 15) is 9.59 Å². The van der Waals surface area contributed by atoms with Gasteiger partial charge in [-0.15, -0.1) is 0 Å². The number of piperazine rings is 1. The van der Waals surface area contributed by atoms with Gasteiger partial charge in [-0.05, 0) is 53.4 Å². The van der Waals surface area contributed by atoms with Crippen molar-refractivity contribution in [3.63, 3.8) is 0 Å². The van der Waals surface area contributed by atoms with E-state index in [-0.39, 0.29) is 24.5 Å². The molecule has 0 radical (unpaired) electrons. The number of aryl methyl sites for hydroxylation is 1. The van der Waals surface area contributed by atoms with Crippen LogP contribution in [0.15, 0.2) is 103 Å². The summed E-state index contributed by atoms with van der Waals surface area (Å²) in [6.07, 6.45) is 0. The Morgan fingerprint density at radius 2 is 1.48 bits per heavy atom. The molecule has 0 spiro atoms. The fourth-order valence-electron chi connectivity index (χ4n) is 5.72. The van der Waals surface area contributed by atoms with E-state index in [1.165, 1.54) is 11.1 Å². The maximum atomic E-state index is 13.6. The summed E-state index contributed by atoms with van der Waals surface area (Å²) in [5, 5.41) is 0. The van der Waals surface area contributed by atoms with Crippen LogP contribution in [0.25, 0.3) is 0 Å². The van der Waals surface area contributed by atoms with Crippen LogP contribution in [0.5, 0.6) is 5.75 Å². The van der Waals surface area contributed by atoms with E-state index in [1.807, 2.05) is 66.4 Å². The number of fused-ring (bicyclic) bond motifs is 1. The molecule has 0 bridgehead atoms. The molecular weight excluding hydrogens is 498 g/mol. The smallest absolute Gasteiger partial charge is 0.265 e. The van der Waals surface area contributed by atoms with Gasteiger partial charge >= 0.3 is 0 Å². The van der Waals surface area contributed by atoms with Crippen molar-refractivity contribution in [3.8, 4) is 5.75 Å². The van der Waals surface area contributed by atoms with Crippen molar-refractivity contribution < 1.29 is 14.3 Å². The van der Waals surface area contributed by atoms with Gasteiger partial charge in [-0.1, -0.05) is 78.9 Å². The topological polar surface area (TPSA) is 53.1 Å². The van der Waals surface area contributed by atoms with Gasteiger partial charge in [-0.25, -0.2) is 0 Å². The number of carbonyl (C=O) groups excluding carboxylic acids is 2. The normalized spacial score (nSPS) is 15.6. The summed E-state index contributed by atoms with van der Waals surface area (Å²) in [5.41, 5.74) is 5.93. The minimum atomic E-state index is -0.0874. The molecule has 1 saturated heterocycles. The first kappa shape index (κ1) is 25.8. The number of amides is 2. The second-order valence-electron chi connectivity index (χ2n) is 10.5. The van der Waals surface area contributed by atoms with E-state index >= 15 is 0 Å². The number of anilines is 1. The van der Waals surface area contributed by atoms with Crippen LogP contribution in [0, 0.1) is 6.92 Å². The molecule has 2 aliphatic heterocycles. The monoisotopic (exact) mass is 531 g/mol. The Morgan fingerprint density at radius 1 is 0.800 bits per heavy atom. The van der Waals surface area contributed by atoms with Crippen molar-refractivity contribution in [2.75, 3.05) is 37.7 Å². The van der Waals surface area contributed by atoms with Gasteiger partial charge in [0.1, 0.15) is 5.75 Å². The third-order valence-corrected chi connectivity index (χ3v) is 7.77. The van der Waals surface area contributed by atoms with Crippen LogP contribution in [-0.4, -0.2) is 54.4 Å². The summed E-state index contributed by atoms with van der Waals surface area (Å²) in [7, 11) is 0. The molecular formula is C34H33N3O3. The number of hydrogen-bond acceptors (Lipinski definition) is 4. The Balaban J connectivity index is 1.15. The van der Waals surface area contributed by atoms with Gasteiger partial charge in [0.25, 0.3) is 11.8 Å². The summed E-state index contributed by atoms with van der Waals surface area (Å²) in [4.78, 5) is 32.4. The number of rotatable bonds is 6. The molecule has 0 N–H and O–H groups in total. The van der Waals surface area contributed by atoms with Crippen molar-refractivity contribution in [2.24, 2.45) is 0 Å². The zero-order valence-corrected chi connectivity index (χ0v) is 22.7. The second-order valence-corrected chi connectivity index (χ2v) is 10.5. The first-order valence-electron chi connectivity index (χ1n) is 13.8. The minimum absolute atomic E-state index is 0.0201. The molecule has 6 heteroatoms. The molecule has 0 unspecified atom stereocenters. The molecule has 0 aromatic heterocycles. The van der Waals surface area contributed by atoms with E-state index in [1.54, 1.807) is 4.90 Å². The molecule has 2 heterocycles. The molecule has 4 aromatic carbocycles. The molecule has 0 aliphatic carbocycles. The Morgan fingerprint density at radius 3 is 2.15 bits per heavy atom. The van der Waals surface area contributed by atoms with Crippen LogP contribution in [0.4, 0.5) is 5.69 Å². The molecule has 40 heavy (non-hydrogen) atoms. The van der Waals surface area contributed by atoms with Crippen LogP contribution in [0.1, 0.15) is 38.7 Å². The second kappa shape index (κ2) is 11.4. The molecule has 2 aliphatic rings. The summed E-state index contributed by atoms with van der Waals surface area (Å²) in [6, 6.07) is 34.8. The molecule has 1 fully saturated rings. The van der Waals surface area contributed by atoms with Gasteiger partial charge < -0.3 is 14.5 Å². The molecule has 202 valence electrons. The van der Waals surface area contributed by atoms with Crippen molar-refractivity contribution in [1.29, 1.82) is 0 Å². The van der Waals surface area contributed by atoms with E-state index in [4.69, 9.17) is 4.74 Å². The zero-order chi connectivity index (χ0) is 27.5. The molecule has 6 nitrogen and oxygen atoms in total. The van der Waals surface area contributed by atoms with Crippen LogP contribution in [0.3, 0.4) is 0 Å². The number of benzene rings is 4. The van der Waals surface area contributed by atoms with E-state index in [0.29, 0.717) is 30.9 Å². The van der Waals surface area contributed by atoms with E-state index < -0.39 is 0 Å². The SMILES string of the molecule is Cc1ccc2c(c1)OCC(=O)N2Cc1cccc(C(=O)N2CCN(C(c3ccccc3)c3ccccc3)CC2)c1. The van der Waals surface area contributed by atoms with Gasteiger partial charge in [-0.2, -0.15) is 0 Å². The van der Waals surface area contributed by atoms with Crippen LogP contribution in [-0.2, 0) is 11.3 Å². The summed E-state index contributed by atoms with van der Waals surface area (Å²) in [5.74, 6) is 0.659. The Kier molecular flexibility index (Phi) is 7.34. The maximum Gasteiger partial charge on any atom is 0.265 e. The molecule has 0 atom stereocenters. The van der Waals surface area contributed by atoms with Crippen molar-refractivity contribution in [1.82, 2.24) is 9.80 Å². The highest BCUT2D eigenvalue weighted by Gasteiger charge is 2.29. The van der Waals surface area contributed by atoms with Crippen molar-refractivity contribution >= 4 is 17.5 Å². The highest BCUT2D eigenvalue weighted by molar-refractivity contribution is 5.98. The van der Waals surface area contributed by atoms with Gasteiger partial charge in [0, 0.05) is 31.7 Å². The van der Waals surface area contributed by atoms with Gasteiger partial charge in [-0.3, -0.25) is 14.5 Å². The Bertz CT molecular complexity index is 1460. The summed E-state index contributed by atoms with van der Waals surface area (Å²) < 4.78 is 5.65. The van der Waals surface area contributed by atoms with Crippen molar-refractivity contribution in [3.05, 3.63) is 131 Å². The molecule has 4 aromatic rings. The minimum Gasteiger partial charge on any atom is -0.482 e. The van der Waals surface area contributed by atoms with Crippen LogP contribution >= 0.6 is 0 Å². The highest BCUT2D eigenvalue weighted by Crippen LogP contribution is 2.34. The third-order valence-electron chi connectivity index (χ3n) is 7.77. The van der Waals surface area contributed by atoms with Gasteiger partial charge in [0.2, 0.25) is 0 Å². The lowest BCUT2D eigenvalue weighted by atomic mass is 9.96. The summed E-state index contributed by atoms with van der Waals surface area (Å²) >= 11 is 0. The fourth-order valence-corrected chi connectivity index (χ4v) is 5.72. The van der Waals surface area contributed by atoms with E-state index in [0.717, 1.165) is 29.9 Å². The van der Waals surface area contributed by atoms with Gasteiger partial charge in [0.05, 0.1) is 18.3 Å². The fraction of sp³-hybridized carbons (Fsp3) is 0.235. The van der Waals surface area contributed by atoms with Crippen LogP contribution < -0.4 is 9.64 Å². The largest absolute Gasteiger partial charge is 0.482 e. The number of nitrogens with zero attached hydrogens (tertiary/aromatic N) is 3. The number of ether oxygens (including phenoxy) is 1. The van der Waals surface area contributed by atoms with E-state index in [2.05, 4.69) is 53.4 Å². The molecule has 2 amide bonds. The lowest BCUT2D eigenvalue weighted by Gasteiger charge is -2.40. The maximum absolute atomic E-state index is 13.6.